The summed E-state index contributed by atoms with van der Waals surface area (Å²) < 4.78 is 23.2. The van der Waals surface area contributed by atoms with Crippen molar-refractivity contribution in [1.29, 1.82) is 0 Å². The van der Waals surface area contributed by atoms with E-state index in [1.165, 1.54) is 57.8 Å². The van der Waals surface area contributed by atoms with Crippen LogP contribution in [0.15, 0.2) is 0 Å². The van der Waals surface area contributed by atoms with Crippen LogP contribution in [0, 0.1) is 11.8 Å². The Morgan fingerprint density at radius 1 is 0.900 bits per heavy atom. The number of unbranched alkanes of at least 4 members (excludes halogenated alkanes) is 10. The Morgan fingerprint density at radius 3 is 2.20 bits per heavy atom. The molecule has 0 aromatic carbocycles. The predicted molar refractivity (Wildman–Crippen MR) is 125 cm³/mol. The van der Waals surface area contributed by atoms with Gasteiger partial charge in [0.2, 0.25) is 0 Å². The van der Waals surface area contributed by atoms with E-state index in [0.29, 0.717) is 19.8 Å². The van der Waals surface area contributed by atoms with Crippen molar-refractivity contribution in [1.82, 2.24) is 0 Å². The van der Waals surface area contributed by atoms with Crippen LogP contribution >= 0.6 is 0 Å². The summed E-state index contributed by atoms with van der Waals surface area (Å²) in [6, 6.07) is 0. The Labute approximate surface area is 186 Å². The van der Waals surface area contributed by atoms with Gasteiger partial charge >= 0.3 is 0 Å². The maximum atomic E-state index is 5.99. The molecule has 2 atom stereocenters. The summed E-state index contributed by atoms with van der Waals surface area (Å²) in [6.07, 6.45) is 16.2. The van der Waals surface area contributed by atoms with Crippen molar-refractivity contribution >= 4 is 0 Å². The lowest BCUT2D eigenvalue weighted by atomic mass is 10.1. The first-order valence-electron chi connectivity index (χ1n) is 12.5. The molecule has 4 heteroatoms. The van der Waals surface area contributed by atoms with Crippen LogP contribution in [0.4, 0.5) is 0 Å². The van der Waals surface area contributed by atoms with Crippen molar-refractivity contribution in [3.8, 4) is 11.8 Å². The number of rotatable bonds is 18. The van der Waals surface area contributed by atoms with Gasteiger partial charge in [-0.05, 0) is 26.7 Å². The third kappa shape index (κ3) is 15.2. The molecule has 0 bridgehead atoms. The minimum absolute atomic E-state index is 0.00835. The fraction of sp³-hybridized carbons (Fsp3) is 0.923. The molecule has 30 heavy (non-hydrogen) atoms. The molecule has 1 aliphatic rings. The SMILES string of the molecule is CCCCCCCCCCCC#CCC(COCC1COC(C)(C)O1)OCCCC. The molecule has 0 amide bonds. The molecule has 1 fully saturated rings. The Hall–Kier alpha value is -0.600. The second-order valence-electron chi connectivity index (χ2n) is 8.97. The van der Waals surface area contributed by atoms with Crippen molar-refractivity contribution in [2.75, 3.05) is 26.4 Å². The van der Waals surface area contributed by atoms with E-state index in [9.17, 15) is 0 Å². The Balaban J connectivity index is 2.11. The number of hydrogen-bond acceptors (Lipinski definition) is 4. The van der Waals surface area contributed by atoms with E-state index in [4.69, 9.17) is 18.9 Å². The first-order valence-corrected chi connectivity index (χ1v) is 12.5. The summed E-state index contributed by atoms with van der Waals surface area (Å²) in [5.41, 5.74) is 0. The van der Waals surface area contributed by atoms with Crippen molar-refractivity contribution < 1.29 is 18.9 Å². The fourth-order valence-corrected chi connectivity index (χ4v) is 3.53. The highest BCUT2D eigenvalue weighted by Gasteiger charge is 2.32. The Bertz CT molecular complexity index is 452. The molecule has 176 valence electrons. The smallest absolute Gasteiger partial charge is 0.163 e. The quantitative estimate of drug-likeness (QED) is 0.182. The van der Waals surface area contributed by atoms with Crippen LogP contribution in [0.25, 0.3) is 0 Å². The summed E-state index contributed by atoms with van der Waals surface area (Å²) >= 11 is 0. The van der Waals surface area contributed by atoms with E-state index in [1.807, 2.05) is 13.8 Å². The molecular formula is C26H48O4. The zero-order chi connectivity index (χ0) is 21.9. The molecule has 0 spiro atoms. The summed E-state index contributed by atoms with van der Waals surface area (Å²) in [4.78, 5) is 0. The van der Waals surface area contributed by atoms with Gasteiger partial charge in [-0.25, -0.2) is 0 Å². The number of ether oxygens (including phenoxy) is 4. The molecule has 4 nitrogen and oxygen atoms in total. The minimum Gasteiger partial charge on any atom is -0.376 e. The highest BCUT2D eigenvalue weighted by Crippen LogP contribution is 2.22. The highest BCUT2D eigenvalue weighted by molar-refractivity contribution is 5.00. The monoisotopic (exact) mass is 424 g/mol. The van der Waals surface area contributed by atoms with E-state index in [0.717, 1.165) is 32.3 Å². The maximum Gasteiger partial charge on any atom is 0.163 e. The van der Waals surface area contributed by atoms with Crippen LogP contribution in [0.1, 0.15) is 111 Å². The molecule has 0 N–H and O–H groups in total. The fourth-order valence-electron chi connectivity index (χ4n) is 3.53. The van der Waals surface area contributed by atoms with Gasteiger partial charge in [-0.2, -0.15) is 0 Å². The van der Waals surface area contributed by atoms with Crippen molar-refractivity contribution in [2.45, 2.75) is 129 Å². The zero-order valence-electron chi connectivity index (χ0n) is 20.3. The maximum absolute atomic E-state index is 5.99. The second-order valence-corrected chi connectivity index (χ2v) is 8.97. The van der Waals surface area contributed by atoms with E-state index >= 15 is 0 Å². The van der Waals surface area contributed by atoms with E-state index in [2.05, 4.69) is 25.7 Å². The van der Waals surface area contributed by atoms with Crippen LogP contribution in [0.3, 0.4) is 0 Å². The largest absolute Gasteiger partial charge is 0.376 e. The third-order valence-electron chi connectivity index (χ3n) is 5.39. The average molecular weight is 425 g/mol. The van der Waals surface area contributed by atoms with Gasteiger partial charge in [0.05, 0.1) is 25.9 Å². The van der Waals surface area contributed by atoms with Crippen molar-refractivity contribution in [2.24, 2.45) is 0 Å². The Kier molecular flexibility index (Phi) is 16.5. The van der Waals surface area contributed by atoms with Crippen LogP contribution in [-0.2, 0) is 18.9 Å². The molecule has 1 aliphatic heterocycles. The third-order valence-corrected chi connectivity index (χ3v) is 5.39. The summed E-state index contributed by atoms with van der Waals surface area (Å²) in [5, 5.41) is 0. The van der Waals surface area contributed by atoms with E-state index in [-0.39, 0.29) is 12.2 Å². The molecule has 1 rings (SSSR count). The van der Waals surface area contributed by atoms with Crippen LogP contribution in [0.5, 0.6) is 0 Å². The van der Waals surface area contributed by atoms with Crippen LogP contribution < -0.4 is 0 Å². The molecule has 1 heterocycles. The van der Waals surface area contributed by atoms with Gasteiger partial charge < -0.3 is 18.9 Å². The normalized spacial score (nSPS) is 18.9. The van der Waals surface area contributed by atoms with E-state index in [1.54, 1.807) is 0 Å². The number of hydrogen-bond donors (Lipinski definition) is 0. The van der Waals surface area contributed by atoms with Gasteiger partial charge in [-0.15, -0.1) is 11.8 Å². The predicted octanol–water partition coefficient (Wildman–Crippen LogP) is 6.65. The average Bonchev–Trinajstić information content (AvgIpc) is 3.07. The van der Waals surface area contributed by atoms with E-state index < -0.39 is 5.79 Å². The van der Waals surface area contributed by atoms with Gasteiger partial charge in [0.25, 0.3) is 0 Å². The van der Waals surface area contributed by atoms with Gasteiger partial charge in [-0.1, -0.05) is 71.6 Å². The standard InChI is InChI=1S/C26H48O4/c1-5-7-9-10-11-12-13-14-15-16-17-18-19-24(28-20-8-6-2)21-27-22-25-23-29-26(3,4)30-25/h24-25H,5-16,19-23H2,1-4H3. The summed E-state index contributed by atoms with van der Waals surface area (Å²) in [6.45, 7) is 10.8. The first kappa shape index (κ1) is 27.4. The molecule has 0 aromatic rings. The second kappa shape index (κ2) is 18.0. The lowest BCUT2D eigenvalue weighted by Gasteiger charge is -2.19. The highest BCUT2D eigenvalue weighted by atomic mass is 16.7. The molecular weight excluding hydrogens is 376 g/mol. The minimum atomic E-state index is -0.494. The zero-order valence-corrected chi connectivity index (χ0v) is 20.3. The topological polar surface area (TPSA) is 36.9 Å². The summed E-state index contributed by atoms with van der Waals surface area (Å²) in [7, 11) is 0. The lowest BCUT2D eigenvalue weighted by molar-refractivity contribution is -0.146. The van der Waals surface area contributed by atoms with Crippen LogP contribution in [-0.4, -0.2) is 44.4 Å². The first-order chi connectivity index (χ1) is 14.6. The summed E-state index contributed by atoms with van der Waals surface area (Å²) in [5.74, 6) is 6.16. The van der Waals surface area contributed by atoms with Crippen molar-refractivity contribution in [3.05, 3.63) is 0 Å². The van der Waals surface area contributed by atoms with Gasteiger partial charge in [0, 0.05) is 19.4 Å². The molecule has 0 saturated carbocycles. The molecule has 0 aromatic heterocycles. The van der Waals surface area contributed by atoms with Crippen LogP contribution in [0.2, 0.25) is 0 Å². The molecule has 0 radical (unpaired) electrons. The Morgan fingerprint density at radius 2 is 1.57 bits per heavy atom. The molecule has 2 unspecified atom stereocenters. The van der Waals surface area contributed by atoms with Gasteiger partial charge in [0.15, 0.2) is 5.79 Å². The van der Waals surface area contributed by atoms with Gasteiger partial charge in [-0.3, -0.25) is 0 Å². The van der Waals surface area contributed by atoms with Gasteiger partial charge in [0.1, 0.15) is 6.10 Å². The molecule has 0 aliphatic carbocycles. The lowest BCUT2D eigenvalue weighted by Crippen LogP contribution is -2.27. The molecule has 1 saturated heterocycles. The van der Waals surface area contributed by atoms with Crippen molar-refractivity contribution in [3.63, 3.8) is 0 Å².